The van der Waals surface area contributed by atoms with E-state index < -0.39 is 6.10 Å². The van der Waals surface area contributed by atoms with Crippen molar-refractivity contribution in [3.63, 3.8) is 0 Å². The molecule has 0 aliphatic heterocycles. The van der Waals surface area contributed by atoms with E-state index in [-0.39, 0.29) is 5.82 Å². The van der Waals surface area contributed by atoms with E-state index in [9.17, 15) is 9.50 Å². The second-order valence-corrected chi connectivity index (χ2v) is 5.96. The highest BCUT2D eigenvalue weighted by Gasteiger charge is 2.14. The molecule has 21 heavy (non-hydrogen) atoms. The summed E-state index contributed by atoms with van der Waals surface area (Å²) in [4.78, 5) is 4.19. The number of halogens is 2. The number of aromatic nitrogens is 3. The van der Waals surface area contributed by atoms with Gasteiger partial charge in [-0.1, -0.05) is 31.5 Å². The summed E-state index contributed by atoms with van der Waals surface area (Å²) in [5, 5.41) is 14.7. The van der Waals surface area contributed by atoms with Crippen molar-refractivity contribution in [3.05, 3.63) is 46.8 Å². The first-order valence-corrected chi connectivity index (χ1v) is 7.32. The standard InChI is InChI=1S/C15H19ClFN3O/c1-10(2)8-20-15(18-9-19-20)7-13(21)5-11-3-4-12(17)6-14(11)16/h3-4,6,9-10,13,21H,5,7-8H2,1-2H3. The predicted octanol–water partition coefficient (Wildman–Crippen LogP) is 2.87. The molecule has 1 atom stereocenters. The molecule has 1 heterocycles. The van der Waals surface area contributed by atoms with Crippen LogP contribution in [-0.4, -0.2) is 26.0 Å². The largest absolute Gasteiger partial charge is 0.392 e. The first-order valence-electron chi connectivity index (χ1n) is 6.94. The van der Waals surface area contributed by atoms with Crippen molar-refractivity contribution in [2.75, 3.05) is 0 Å². The second kappa shape index (κ2) is 7.00. The zero-order valence-electron chi connectivity index (χ0n) is 12.1. The van der Waals surface area contributed by atoms with Crippen LogP contribution >= 0.6 is 11.6 Å². The van der Waals surface area contributed by atoms with Crippen LogP contribution in [-0.2, 0) is 19.4 Å². The van der Waals surface area contributed by atoms with Crippen LogP contribution in [0.1, 0.15) is 25.2 Å². The number of benzene rings is 1. The molecule has 6 heteroatoms. The number of hydrogen-bond acceptors (Lipinski definition) is 3. The molecule has 2 aromatic rings. The van der Waals surface area contributed by atoms with Crippen molar-refractivity contribution in [3.8, 4) is 0 Å². The molecule has 0 aliphatic rings. The van der Waals surface area contributed by atoms with E-state index in [1.807, 2.05) is 0 Å². The fraction of sp³-hybridized carbons (Fsp3) is 0.467. The van der Waals surface area contributed by atoms with Crippen molar-refractivity contribution < 1.29 is 9.50 Å². The van der Waals surface area contributed by atoms with Gasteiger partial charge in [-0.2, -0.15) is 5.10 Å². The molecule has 0 fully saturated rings. The third-order valence-electron chi connectivity index (χ3n) is 3.12. The maximum absolute atomic E-state index is 13.0. The lowest BCUT2D eigenvalue weighted by Gasteiger charge is -2.13. The highest BCUT2D eigenvalue weighted by Crippen LogP contribution is 2.19. The minimum absolute atomic E-state index is 0.331. The van der Waals surface area contributed by atoms with Crippen LogP contribution < -0.4 is 0 Å². The lowest BCUT2D eigenvalue weighted by Crippen LogP contribution is -2.19. The molecule has 0 bridgehead atoms. The quantitative estimate of drug-likeness (QED) is 0.892. The Morgan fingerprint density at radius 2 is 2.10 bits per heavy atom. The number of nitrogens with zero attached hydrogens (tertiary/aromatic N) is 3. The Morgan fingerprint density at radius 3 is 2.76 bits per heavy atom. The predicted molar refractivity (Wildman–Crippen MR) is 79.7 cm³/mol. The van der Waals surface area contributed by atoms with Crippen molar-refractivity contribution in [2.24, 2.45) is 5.92 Å². The Hall–Kier alpha value is -1.46. The number of rotatable bonds is 6. The van der Waals surface area contributed by atoms with Crippen LogP contribution in [0.5, 0.6) is 0 Å². The lowest BCUT2D eigenvalue weighted by atomic mass is 10.1. The van der Waals surface area contributed by atoms with E-state index in [4.69, 9.17) is 11.6 Å². The minimum atomic E-state index is -0.636. The summed E-state index contributed by atoms with van der Waals surface area (Å²) in [7, 11) is 0. The molecule has 1 unspecified atom stereocenters. The van der Waals surface area contributed by atoms with Gasteiger partial charge in [0.25, 0.3) is 0 Å². The van der Waals surface area contributed by atoms with Gasteiger partial charge >= 0.3 is 0 Å². The molecule has 2 rings (SSSR count). The summed E-state index contributed by atoms with van der Waals surface area (Å²) in [6.07, 6.45) is 1.60. The molecule has 0 saturated heterocycles. The third-order valence-corrected chi connectivity index (χ3v) is 3.47. The number of aliphatic hydroxyl groups excluding tert-OH is 1. The van der Waals surface area contributed by atoms with Crippen molar-refractivity contribution in [1.29, 1.82) is 0 Å². The summed E-state index contributed by atoms with van der Waals surface area (Å²) < 4.78 is 14.8. The Labute approximate surface area is 128 Å². The van der Waals surface area contributed by atoms with Crippen LogP contribution in [0.3, 0.4) is 0 Å². The molecule has 4 nitrogen and oxygen atoms in total. The number of hydrogen-bond donors (Lipinski definition) is 1. The fourth-order valence-electron chi connectivity index (χ4n) is 2.17. The third kappa shape index (κ3) is 4.51. The summed E-state index contributed by atoms with van der Waals surface area (Å²) in [6, 6.07) is 4.19. The Morgan fingerprint density at radius 1 is 1.33 bits per heavy atom. The highest BCUT2D eigenvalue weighted by atomic mass is 35.5. The topological polar surface area (TPSA) is 50.9 Å². The molecular formula is C15H19ClFN3O. The molecule has 114 valence electrons. The molecule has 1 aromatic heterocycles. The van der Waals surface area contributed by atoms with Crippen LogP contribution in [0.25, 0.3) is 0 Å². The highest BCUT2D eigenvalue weighted by molar-refractivity contribution is 6.31. The smallest absolute Gasteiger partial charge is 0.138 e. The van der Waals surface area contributed by atoms with Crippen LogP contribution in [0.4, 0.5) is 4.39 Å². The molecular weight excluding hydrogens is 293 g/mol. The number of aliphatic hydroxyl groups is 1. The van der Waals surface area contributed by atoms with Gasteiger partial charge in [0.2, 0.25) is 0 Å². The Balaban J connectivity index is 2.01. The van der Waals surface area contributed by atoms with Gasteiger partial charge in [-0.05, 0) is 23.6 Å². The molecule has 1 N–H and O–H groups in total. The van der Waals surface area contributed by atoms with Gasteiger partial charge in [-0.15, -0.1) is 0 Å². The van der Waals surface area contributed by atoms with Gasteiger partial charge in [0, 0.05) is 24.4 Å². The fourth-order valence-corrected chi connectivity index (χ4v) is 2.41. The lowest BCUT2D eigenvalue weighted by molar-refractivity contribution is 0.170. The molecule has 0 radical (unpaired) electrons. The van der Waals surface area contributed by atoms with E-state index in [0.717, 1.165) is 17.9 Å². The zero-order valence-corrected chi connectivity index (χ0v) is 12.9. The van der Waals surface area contributed by atoms with Crippen molar-refractivity contribution in [1.82, 2.24) is 14.8 Å². The van der Waals surface area contributed by atoms with Gasteiger partial charge in [-0.3, -0.25) is 0 Å². The van der Waals surface area contributed by atoms with Crippen LogP contribution in [0.2, 0.25) is 5.02 Å². The van der Waals surface area contributed by atoms with Gasteiger partial charge in [0.05, 0.1) is 6.10 Å². The molecule has 0 aliphatic carbocycles. The Bertz CT molecular complexity index is 600. The normalized spacial score (nSPS) is 12.9. The second-order valence-electron chi connectivity index (χ2n) is 5.55. The van der Waals surface area contributed by atoms with Gasteiger partial charge in [0.1, 0.15) is 18.0 Å². The minimum Gasteiger partial charge on any atom is -0.392 e. The zero-order chi connectivity index (χ0) is 15.4. The van der Waals surface area contributed by atoms with Gasteiger partial charge in [0.15, 0.2) is 0 Å². The van der Waals surface area contributed by atoms with Crippen LogP contribution in [0.15, 0.2) is 24.5 Å². The van der Waals surface area contributed by atoms with E-state index >= 15 is 0 Å². The van der Waals surface area contributed by atoms with Gasteiger partial charge < -0.3 is 5.11 Å². The molecule has 1 aromatic carbocycles. The molecule has 0 spiro atoms. The SMILES string of the molecule is CC(C)Cn1ncnc1CC(O)Cc1ccc(F)cc1Cl. The van der Waals surface area contributed by atoms with E-state index in [1.165, 1.54) is 18.5 Å². The summed E-state index contributed by atoms with van der Waals surface area (Å²) >= 11 is 5.97. The summed E-state index contributed by atoms with van der Waals surface area (Å²) in [5.41, 5.74) is 0.723. The molecule has 0 amide bonds. The monoisotopic (exact) mass is 311 g/mol. The summed E-state index contributed by atoms with van der Waals surface area (Å²) in [6.45, 7) is 4.96. The van der Waals surface area contributed by atoms with Gasteiger partial charge in [-0.25, -0.2) is 14.1 Å². The summed E-state index contributed by atoms with van der Waals surface area (Å²) in [5.74, 6) is 0.818. The maximum Gasteiger partial charge on any atom is 0.138 e. The van der Waals surface area contributed by atoms with Crippen LogP contribution in [0, 0.1) is 11.7 Å². The van der Waals surface area contributed by atoms with E-state index in [2.05, 4.69) is 23.9 Å². The molecule has 0 saturated carbocycles. The average molecular weight is 312 g/mol. The van der Waals surface area contributed by atoms with Crippen molar-refractivity contribution in [2.45, 2.75) is 39.3 Å². The maximum atomic E-state index is 13.0. The first kappa shape index (κ1) is 15.9. The van der Waals surface area contributed by atoms with Crippen molar-refractivity contribution >= 4 is 11.6 Å². The van der Waals surface area contributed by atoms with E-state index in [0.29, 0.717) is 23.8 Å². The van der Waals surface area contributed by atoms with E-state index in [1.54, 1.807) is 10.7 Å². The Kier molecular flexibility index (Phi) is 5.31. The first-order chi connectivity index (χ1) is 9.95. The average Bonchev–Trinajstić information content (AvgIpc) is 2.79.